The Balaban J connectivity index is 4.47. The summed E-state index contributed by atoms with van der Waals surface area (Å²) in [6.45, 7) is 4.11. The average molecular weight is 728 g/mol. The van der Waals surface area contributed by atoms with Crippen molar-refractivity contribution in [2.45, 2.75) is 161 Å². The number of esters is 2. The molecule has 9 nitrogen and oxygen atoms in total. The van der Waals surface area contributed by atoms with E-state index < -0.39 is 32.5 Å². The van der Waals surface area contributed by atoms with Crippen LogP contribution in [0.3, 0.4) is 0 Å². The first-order valence-corrected chi connectivity index (χ1v) is 21.2. The number of likely N-dealkylation sites (N-methyl/N-ethyl adjacent to an activating group) is 1. The highest BCUT2D eigenvalue weighted by molar-refractivity contribution is 7.45. The molecule has 0 N–H and O–H groups in total. The van der Waals surface area contributed by atoms with Gasteiger partial charge < -0.3 is 27.9 Å². The zero-order valence-corrected chi connectivity index (χ0v) is 33.5. The number of nitrogens with zero attached hydrogens (tertiary/aromatic N) is 1. The van der Waals surface area contributed by atoms with Crippen LogP contribution in [0.5, 0.6) is 0 Å². The third-order valence-electron chi connectivity index (χ3n) is 8.13. The zero-order valence-electron chi connectivity index (χ0n) is 32.6. The fourth-order valence-corrected chi connectivity index (χ4v) is 5.69. The normalized spacial score (nSPS) is 14.1. The van der Waals surface area contributed by atoms with Gasteiger partial charge in [0.25, 0.3) is 7.82 Å². The molecule has 0 aliphatic carbocycles. The highest BCUT2D eigenvalue weighted by atomic mass is 31.2. The topological polar surface area (TPSA) is 111 Å². The summed E-state index contributed by atoms with van der Waals surface area (Å²) in [5, 5.41) is 0. The zero-order chi connectivity index (χ0) is 37.2. The fourth-order valence-electron chi connectivity index (χ4n) is 4.96. The summed E-state index contributed by atoms with van der Waals surface area (Å²) in [6.07, 6.45) is 34.5. The predicted molar refractivity (Wildman–Crippen MR) is 204 cm³/mol. The van der Waals surface area contributed by atoms with Crippen molar-refractivity contribution in [1.82, 2.24) is 0 Å². The molecule has 0 bridgehead atoms. The second kappa shape index (κ2) is 33.1. The molecule has 2 atom stereocenters. The van der Waals surface area contributed by atoms with Gasteiger partial charge in [0.1, 0.15) is 19.8 Å². The van der Waals surface area contributed by atoms with Crippen LogP contribution in [0.15, 0.2) is 36.5 Å². The summed E-state index contributed by atoms with van der Waals surface area (Å²) in [5.74, 6) is -0.865. The van der Waals surface area contributed by atoms with Gasteiger partial charge in [-0.1, -0.05) is 115 Å². The lowest BCUT2D eigenvalue weighted by Crippen LogP contribution is -2.37. The number of rotatable bonds is 35. The van der Waals surface area contributed by atoms with Crippen molar-refractivity contribution in [1.29, 1.82) is 0 Å². The number of carbonyl (C=O) groups is 2. The van der Waals surface area contributed by atoms with E-state index in [1.54, 1.807) is 0 Å². The van der Waals surface area contributed by atoms with Gasteiger partial charge in [0.05, 0.1) is 27.7 Å². The number of unbranched alkanes of at least 4 members (excludes halogenated alkanes) is 15. The van der Waals surface area contributed by atoms with Crippen LogP contribution in [0, 0.1) is 0 Å². The average Bonchev–Trinajstić information content (AvgIpc) is 3.06. The van der Waals surface area contributed by atoms with Crippen LogP contribution in [0.2, 0.25) is 0 Å². The highest BCUT2D eigenvalue weighted by Gasteiger charge is 2.21. The summed E-state index contributed by atoms with van der Waals surface area (Å²) in [4.78, 5) is 37.3. The molecule has 0 rings (SSSR count). The fraction of sp³-hybridized carbons (Fsp3) is 0.800. The van der Waals surface area contributed by atoms with Gasteiger partial charge in [-0.25, -0.2) is 0 Å². The minimum absolute atomic E-state index is 0.0355. The Kier molecular flexibility index (Phi) is 31.9. The van der Waals surface area contributed by atoms with Crippen molar-refractivity contribution in [2.24, 2.45) is 0 Å². The molecular weight excluding hydrogens is 653 g/mol. The Labute approximate surface area is 306 Å². The largest absolute Gasteiger partial charge is 0.756 e. The molecule has 1 unspecified atom stereocenters. The van der Waals surface area contributed by atoms with E-state index in [1.807, 2.05) is 21.1 Å². The third kappa shape index (κ3) is 36.0. The van der Waals surface area contributed by atoms with E-state index in [1.165, 1.54) is 38.5 Å². The first-order valence-electron chi connectivity index (χ1n) is 19.7. The molecule has 292 valence electrons. The molecular formula is C40H74NO8P. The van der Waals surface area contributed by atoms with Gasteiger partial charge in [-0.3, -0.25) is 14.2 Å². The van der Waals surface area contributed by atoms with Gasteiger partial charge in [-0.2, -0.15) is 0 Å². The lowest BCUT2D eigenvalue weighted by atomic mass is 10.1. The standard InChI is InChI=1S/C40H74NO8P/c1-6-8-10-12-14-16-18-20-21-23-25-27-29-31-33-40(43)49-38(37-48-50(44,45)47-35-34-41(3,4)5)36-46-39(42)32-30-28-26-24-22-19-17-15-13-11-9-7-2/h12,14-15,17-18,20,38H,6-11,13,16,19,21-37H2,1-5H3/b14-12+,17-15+,20-18+/t38-/m1/s1. The molecule has 50 heavy (non-hydrogen) atoms. The molecule has 0 fully saturated rings. The van der Waals surface area contributed by atoms with Crippen molar-refractivity contribution in [3.63, 3.8) is 0 Å². The van der Waals surface area contributed by atoms with Gasteiger partial charge in [-0.15, -0.1) is 0 Å². The molecule has 0 saturated carbocycles. The second-order valence-corrected chi connectivity index (χ2v) is 15.7. The number of hydrogen-bond donors (Lipinski definition) is 0. The maximum atomic E-state index is 12.6. The van der Waals surface area contributed by atoms with Crippen LogP contribution in [-0.4, -0.2) is 70.0 Å². The van der Waals surface area contributed by atoms with Crippen molar-refractivity contribution in [3.8, 4) is 0 Å². The lowest BCUT2D eigenvalue weighted by Gasteiger charge is -2.28. The molecule has 0 saturated heterocycles. The maximum absolute atomic E-state index is 12.6. The number of carbonyl (C=O) groups excluding carboxylic acids is 2. The van der Waals surface area contributed by atoms with E-state index >= 15 is 0 Å². The first-order chi connectivity index (χ1) is 24.0. The van der Waals surface area contributed by atoms with Crippen LogP contribution < -0.4 is 4.89 Å². The summed E-state index contributed by atoms with van der Waals surface area (Å²) in [5.41, 5.74) is 0. The summed E-state index contributed by atoms with van der Waals surface area (Å²) in [6, 6.07) is 0. The first kappa shape index (κ1) is 48.2. The maximum Gasteiger partial charge on any atom is 0.306 e. The van der Waals surface area contributed by atoms with E-state index in [-0.39, 0.29) is 26.1 Å². The predicted octanol–water partition coefficient (Wildman–Crippen LogP) is 9.94. The molecule has 0 aromatic heterocycles. The molecule has 0 radical (unpaired) electrons. The van der Waals surface area contributed by atoms with Crippen LogP contribution in [-0.2, 0) is 32.7 Å². The van der Waals surface area contributed by atoms with Crippen molar-refractivity contribution >= 4 is 19.8 Å². The molecule has 0 aliphatic rings. The van der Waals surface area contributed by atoms with Crippen LogP contribution in [0.25, 0.3) is 0 Å². The Hall–Kier alpha value is -1.77. The number of phosphoric ester groups is 1. The Morgan fingerprint density at radius 2 is 1.10 bits per heavy atom. The minimum atomic E-state index is -4.62. The quantitative estimate of drug-likeness (QED) is 0.0209. The van der Waals surface area contributed by atoms with E-state index in [0.29, 0.717) is 17.4 Å². The summed E-state index contributed by atoms with van der Waals surface area (Å²) in [7, 11) is 1.15. The molecule has 0 spiro atoms. The van der Waals surface area contributed by atoms with Crippen LogP contribution in [0.4, 0.5) is 0 Å². The van der Waals surface area contributed by atoms with Crippen molar-refractivity contribution in [3.05, 3.63) is 36.5 Å². The monoisotopic (exact) mass is 728 g/mol. The molecule has 0 aliphatic heterocycles. The SMILES string of the molecule is CCCC/C=C/C/C=C/CCCCCCCC(=O)O[C@H](COC(=O)CCCCCCC/C=C/CCCCC)COP(=O)([O-])OCC[N+](C)(C)C. The van der Waals surface area contributed by atoms with Gasteiger partial charge >= 0.3 is 11.9 Å². The van der Waals surface area contributed by atoms with Gasteiger partial charge in [-0.05, 0) is 64.2 Å². The number of hydrogen-bond acceptors (Lipinski definition) is 8. The van der Waals surface area contributed by atoms with Crippen LogP contribution >= 0.6 is 7.82 Å². The van der Waals surface area contributed by atoms with E-state index in [9.17, 15) is 19.0 Å². The van der Waals surface area contributed by atoms with E-state index in [2.05, 4.69) is 50.3 Å². The number of phosphoric acid groups is 1. The van der Waals surface area contributed by atoms with E-state index in [4.69, 9.17) is 18.5 Å². The second-order valence-electron chi connectivity index (χ2n) is 14.3. The van der Waals surface area contributed by atoms with Gasteiger partial charge in [0.15, 0.2) is 6.10 Å². The summed E-state index contributed by atoms with van der Waals surface area (Å²) < 4.78 is 33.7. The van der Waals surface area contributed by atoms with E-state index in [0.717, 1.165) is 83.5 Å². The van der Waals surface area contributed by atoms with Crippen molar-refractivity contribution in [2.75, 3.05) is 47.5 Å². The van der Waals surface area contributed by atoms with Gasteiger partial charge in [0.2, 0.25) is 0 Å². The smallest absolute Gasteiger partial charge is 0.306 e. The molecule has 10 heteroatoms. The third-order valence-corrected chi connectivity index (χ3v) is 9.10. The lowest BCUT2D eigenvalue weighted by molar-refractivity contribution is -0.870. The van der Waals surface area contributed by atoms with Gasteiger partial charge in [0, 0.05) is 12.8 Å². The Morgan fingerprint density at radius 3 is 1.66 bits per heavy atom. The van der Waals surface area contributed by atoms with Crippen LogP contribution in [0.1, 0.15) is 155 Å². The highest BCUT2D eigenvalue weighted by Crippen LogP contribution is 2.38. The summed E-state index contributed by atoms with van der Waals surface area (Å²) >= 11 is 0. The van der Waals surface area contributed by atoms with Crippen molar-refractivity contribution < 1.29 is 42.1 Å². The Morgan fingerprint density at radius 1 is 0.620 bits per heavy atom. The molecule has 0 aromatic carbocycles. The number of ether oxygens (including phenoxy) is 2. The molecule has 0 heterocycles. The number of quaternary nitrogens is 1. The number of allylic oxidation sites excluding steroid dienone is 6. The Bertz CT molecular complexity index is 959. The molecule has 0 aromatic rings. The molecule has 0 amide bonds. The minimum Gasteiger partial charge on any atom is -0.756 e.